The molecule has 1 aromatic carbocycles. The Morgan fingerprint density at radius 3 is 2.63 bits per heavy atom. The molecule has 1 atom stereocenters. The summed E-state index contributed by atoms with van der Waals surface area (Å²) in [6.45, 7) is 6.89. The highest BCUT2D eigenvalue weighted by Gasteiger charge is 2.54. The van der Waals surface area contributed by atoms with Crippen molar-refractivity contribution < 1.29 is 8.78 Å². The minimum absolute atomic E-state index is 0.0388. The van der Waals surface area contributed by atoms with E-state index in [1.54, 1.807) is 31.4 Å². The van der Waals surface area contributed by atoms with E-state index in [-0.39, 0.29) is 16.7 Å². The predicted octanol–water partition coefficient (Wildman–Crippen LogP) is 4.75. The highest BCUT2D eigenvalue weighted by atomic mass is 19.3. The number of benzene rings is 1. The Hall–Kier alpha value is -4.99. The highest BCUT2D eigenvalue weighted by molar-refractivity contribution is 5.93. The first-order valence-electron chi connectivity index (χ1n) is 13.9. The van der Waals surface area contributed by atoms with E-state index in [0.29, 0.717) is 64.0 Å². The van der Waals surface area contributed by atoms with Crippen LogP contribution in [0.25, 0.3) is 21.7 Å². The van der Waals surface area contributed by atoms with Crippen LogP contribution in [0.3, 0.4) is 0 Å². The molecule has 11 nitrogen and oxygen atoms in total. The Morgan fingerprint density at radius 1 is 1.14 bits per heavy atom. The molecule has 43 heavy (non-hydrogen) atoms. The number of anilines is 2. The number of fused-ring (bicyclic) bond motifs is 2. The first kappa shape index (κ1) is 28.1. The van der Waals surface area contributed by atoms with E-state index in [2.05, 4.69) is 62.7 Å². The maximum Gasteiger partial charge on any atom is 0.263 e. The Bertz CT molecular complexity index is 1950. The largest absolute Gasteiger partial charge is 0.369 e. The number of hydrogen-bond acceptors (Lipinski definition) is 9. The molecular formula is C30H30F2N10O. The molecule has 0 spiro atoms. The summed E-state index contributed by atoms with van der Waals surface area (Å²) < 4.78 is 30.6. The Morgan fingerprint density at radius 2 is 1.93 bits per heavy atom. The zero-order chi connectivity index (χ0) is 30.5. The number of nitriles is 1. The van der Waals surface area contributed by atoms with Gasteiger partial charge < -0.3 is 15.2 Å². The van der Waals surface area contributed by atoms with E-state index in [9.17, 15) is 18.8 Å². The van der Waals surface area contributed by atoms with Crippen molar-refractivity contribution in [3.63, 3.8) is 0 Å². The lowest BCUT2D eigenvalue weighted by atomic mass is 9.97. The zero-order valence-electron chi connectivity index (χ0n) is 24.1. The average molecular weight is 585 g/mol. The molecule has 13 heteroatoms. The molecule has 0 radical (unpaired) electrons. The number of pyridine rings is 2. The molecule has 0 saturated heterocycles. The van der Waals surface area contributed by atoms with Crippen LogP contribution in [0, 0.1) is 16.7 Å². The lowest BCUT2D eigenvalue weighted by molar-refractivity contribution is 0.0593. The summed E-state index contributed by atoms with van der Waals surface area (Å²) in [5.74, 6) is 0.860. The van der Waals surface area contributed by atoms with Crippen molar-refractivity contribution >= 4 is 33.3 Å². The fourth-order valence-electron chi connectivity index (χ4n) is 5.12. The van der Waals surface area contributed by atoms with Crippen LogP contribution in [0.1, 0.15) is 56.6 Å². The van der Waals surface area contributed by atoms with Crippen LogP contribution in [0.15, 0.2) is 53.8 Å². The van der Waals surface area contributed by atoms with E-state index in [4.69, 9.17) is 0 Å². The van der Waals surface area contributed by atoms with Gasteiger partial charge in [-0.25, -0.2) is 28.4 Å². The van der Waals surface area contributed by atoms with E-state index in [1.165, 1.54) is 21.8 Å². The summed E-state index contributed by atoms with van der Waals surface area (Å²) >= 11 is 0. The predicted molar refractivity (Wildman–Crippen MR) is 158 cm³/mol. The van der Waals surface area contributed by atoms with Gasteiger partial charge in [-0.05, 0) is 47.4 Å². The van der Waals surface area contributed by atoms with Gasteiger partial charge in [-0.15, -0.1) is 5.10 Å². The smallest absolute Gasteiger partial charge is 0.263 e. The van der Waals surface area contributed by atoms with Gasteiger partial charge in [0.15, 0.2) is 5.69 Å². The van der Waals surface area contributed by atoms with Crippen LogP contribution < -0.4 is 16.2 Å². The SMILES string of the molecule is Cn1ccc2c([C@H](Nc3cc4c(NCC(C)(C)C)ncnc4c(C#N)n3)c3cn(C4(C(F)F)CC4)nn3)cccc2c1=O. The summed E-state index contributed by atoms with van der Waals surface area (Å²) in [7, 11) is 1.67. The molecule has 220 valence electrons. The molecule has 1 aliphatic carbocycles. The molecule has 4 aromatic heterocycles. The molecule has 4 heterocycles. The van der Waals surface area contributed by atoms with Crippen molar-refractivity contribution in [1.29, 1.82) is 5.26 Å². The third-order valence-corrected chi connectivity index (χ3v) is 7.70. The summed E-state index contributed by atoms with van der Waals surface area (Å²) in [5, 5.41) is 26.8. The second-order valence-corrected chi connectivity index (χ2v) is 12.1. The molecule has 1 saturated carbocycles. The maximum atomic E-state index is 13.9. The molecule has 0 amide bonds. The van der Waals surface area contributed by atoms with Gasteiger partial charge in [-0.1, -0.05) is 38.1 Å². The standard InChI is InChI=1S/C30H30F2N10O/c1-29(2,3)15-34-26-20-12-23(37-21(13-33)24(20)35-16-36-26)38-25(22-14-42(40-39-22)30(9-10-30)28(31)32)18-6-5-7-19-17(18)8-11-41(4)27(19)43/h5-8,11-12,14,16,25,28H,9-10,15H2,1-4H3,(H,37,38)(H,34,35,36)/t25-/m0/s1. The molecular weight excluding hydrogens is 554 g/mol. The molecule has 0 unspecified atom stereocenters. The minimum atomic E-state index is -2.59. The third kappa shape index (κ3) is 5.13. The van der Waals surface area contributed by atoms with Crippen LogP contribution in [0.5, 0.6) is 0 Å². The van der Waals surface area contributed by atoms with Gasteiger partial charge in [0.2, 0.25) is 0 Å². The zero-order valence-corrected chi connectivity index (χ0v) is 24.1. The van der Waals surface area contributed by atoms with Crippen molar-refractivity contribution in [2.45, 2.75) is 51.6 Å². The number of halogens is 2. The molecule has 0 bridgehead atoms. The monoisotopic (exact) mass is 584 g/mol. The van der Waals surface area contributed by atoms with Gasteiger partial charge >= 0.3 is 0 Å². The fourth-order valence-corrected chi connectivity index (χ4v) is 5.12. The van der Waals surface area contributed by atoms with Gasteiger partial charge in [0.05, 0.1) is 12.2 Å². The number of nitrogens with one attached hydrogen (secondary N) is 2. The van der Waals surface area contributed by atoms with E-state index in [0.717, 1.165) is 0 Å². The van der Waals surface area contributed by atoms with Crippen molar-refractivity contribution in [1.82, 2.24) is 34.5 Å². The Labute approximate surface area is 245 Å². The van der Waals surface area contributed by atoms with Crippen LogP contribution in [-0.2, 0) is 12.6 Å². The number of aromatic nitrogens is 7. The highest BCUT2D eigenvalue weighted by Crippen LogP contribution is 2.48. The maximum absolute atomic E-state index is 13.9. The van der Waals surface area contributed by atoms with Crippen LogP contribution in [0.4, 0.5) is 20.4 Å². The summed E-state index contributed by atoms with van der Waals surface area (Å²) in [6, 6.07) is 10.3. The summed E-state index contributed by atoms with van der Waals surface area (Å²) in [4.78, 5) is 26.2. The van der Waals surface area contributed by atoms with Crippen molar-refractivity contribution in [3.05, 3.63) is 76.4 Å². The second-order valence-electron chi connectivity index (χ2n) is 12.1. The van der Waals surface area contributed by atoms with Crippen LogP contribution >= 0.6 is 0 Å². The topological polar surface area (TPSA) is 139 Å². The first-order valence-corrected chi connectivity index (χ1v) is 13.9. The average Bonchev–Trinajstić information content (AvgIpc) is 3.66. The van der Waals surface area contributed by atoms with Gasteiger partial charge in [-0.3, -0.25) is 4.79 Å². The van der Waals surface area contributed by atoms with Gasteiger partial charge in [0.1, 0.15) is 40.8 Å². The van der Waals surface area contributed by atoms with E-state index < -0.39 is 18.0 Å². The van der Waals surface area contributed by atoms with Crippen LogP contribution in [-0.4, -0.2) is 47.5 Å². The normalized spacial score (nSPS) is 15.0. The minimum Gasteiger partial charge on any atom is -0.369 e. The lowest BCUT2D eigenvalue weighted by Crippen LogP contribution is -2.26. The summed E-state index contributed by atoms with van der Waals surface area (Å²) in [5.41, 5.74) is -0.0871. The number of nitrogens with zero attached hydrogens (tertiary/aromatic N) is 8. The van der Waals surface area contributed by atoms with Crippen molar-refractivity contribution in [3.8, 4) is 6.07 Å². The third-order valence-electron chi connectivity index (χ3n) is 7.70. The van der Waals surface area contributed by atoms with E-state index in [1.807, 2.05) is 12.1 Å². The number of aryl methyl sites for hydroxylation is 1. The van der Waals surface area contributed by atoms with Crippen molar-refractivity contribution in [2.75, 3.05) is 17.2 Å². The molecule has 0 aliphatic heterocycles. The van der Waals surface area contributed by atoms with Gasteiger partial charge in [0.25, 0.3) is 12.0 Å². The molecule has 6 rings (SSSR count). The van der Waals surface area contributed by atoms with Crippen LogP contribution in [0.2, 0.25) is 0 Å². The number of hydrogen-bond donors (Lipinski definition) is 2. The molecule has 2 N–H and O–H groups in total. The number of alkyl halides is 2. The quantitative estimate of drug-likeness (QED) is 0.264. The Balaban J connectivity index is 1.50. The summed E-state index contributed by atoms with van der Waals surface area (Å²) in [6.07, 6.45) is 2.59. The van der Waals surface area contributed by atoms with Gasteiger partial charge in [-0.2, -0.15) is 5.26 Å². The van der Waals surface area contributed by atoms with Crippen molar-refractivity contribution in [2.24, 2.45) is 12.5 Å². The second kappa shape index (κ2) is 10.4. The molecule has 1 fully saturated rings. The molecule has 5 aromatic rings. The molecule has 1 aliphatic rings. The first-order chi connectivity index (χ1) is 20.5. The number of rotatable bonds is 8. The Kier molecular flexibility index (Phi) is 6.79. The van der Waals surface area contributed by atoms with E-state index >= 15 is 0 Å². The lowest BCUT2D eigenvalue weighted by Gasteiger charge is -2.21. The van der Waals surface area contributed by atoms with Gasteiger partial charge in [0, 0.05) is 30.6 Å². The fraction of sp³-hybridized carbons (Fsp3) is 0.367.